The molecule has 1 amide bonds. The molecule has 0 bridgehead atoms. The summed E-state index contributed by atoms with van der Waals surface area (Å²) < 4.78 is 32.7. The first-order valence-corrected chi connectivity index (χ1v) is 10.3. The number of sulfonamides is 1. The molecular weight excluding hydrogens is 342 g/mol. The van der Waals surface area contributed by atoms with Crippen LogP contribution in [0.2, 0.25) is 0 Å². The summed E-state index contributed by atoms with van der Waals surface area (Å²) in [6.45, 7) is 3.05. The van der Waals surface area contributed by atoms with Crippen LogP contribution in [0.25, 0.3) is 0 Å². The second-order valence-electron chi connectivity index (χ2n) is 7.13. The molecule has 3 aliphatic heterocycles. The fraction of sp³-hybridized carbons (Fsp3) is 0.647. The maximum atomic E-state index is 12.6. The van der Waals surface area contributed by atoms with Crippen molar-refractivity contribution in [3.63, 3.8) is 0 Å². The van der Waals surface area contributed by atoms with Gasteiger partial charge in [0.15, 0.2) is 0 Å². The number of carbonyl (C=O) groups is 1. The Kier molecular flexibility index (Phi) is 4.29. The van der Waals surface area contributed by atoms with Gasteiger partial charge in [-0.25, -0.2) is 8.42 Å². The Balaban J connectivity index is 1.39. The van der Waals surface area contributed by atoms with Crippen molar-refractivity contribution in [1.29, 1.82) is 0 Å². The maximum absolute atomic E-state index is 12.6. The molecular formula is C17H23N3O4S. The molecule has 0 N–H and O–H groups in total. The van der Waals surface area contributed by atoms with E-state index >= 15 is 0 Å². The lowest BCUT2D eigenvalue weighted by atomic mass is 9.80. The lowest BCUT2D eigenvalue weighted by molar-refractivity contribution is -0.128. The summed E-state index contributed by atoms with van der Waals surface area (Å²) in [5.74, 6) is 0.545. The van der Waals surface area contributed by atoms with Crippen molar-refractivity contribution in [1.82, 2.24) is 14.2 Å². The third-order valence-electron chi connectivity index (χ3n) is 5.68. The first kappa shape index (κ1) is 16.9. The number of ether oxygens (including phenoxy) is 1. The summed E-state index contributed by atoms with van der Waals surface area (Å²) in [4.78, 5) is 17.8. The van der Waals surface area contributed by atoms with Gasteiger partial charge in [-0.1, -0.05) is 0 Å². The Hall–Kier alpha value is -1.51. The van der Waals surface area contributed by atoms with Crippen molar-refractivity contribution in [3.05, 3.63) is 24.5 Å². The molecule has 8 heteroatoms. The van der Waals surface area contributed by atoms with Gasteiger partial charge in [0.2, 0.25) is 15.9 Å². The smallest absolute Gasteiger partial charge is 0.244 e. The van der Waals surface area contributed by atoms with E-state index in [1.54, 1.807) is 18.3 Å². The number of hydrogen-bond acceptors (Lipinski definition) is 5. The van der Waals surface area contributed by atoms with E-state index in [9.17, 15) is 13.2 Å². The summed E-state index contributed by atoms with van der Waals surface area (Å²) in [7, 11) is -3.50. The van der Waals surface area contributed by atoms with E-state index in [4.69, 9.17) is 4.74 Å². The molecule has 0 aliphatic carbocycles. The van der Waals surface area contributed by atoms with Gasteiger partial charge in [-0.15, -0.1) is 0 Å². The number of amides is 1. The topological polar surface area (TPSA) is 79.8 Å². The van der Waals surface area contributed by atoms with E-state index in [0.29, 0.717) is 32.0 Å². The van der Waals surface area contributed by atoms with Crippen LogP contribution in [0.1, 0.15) is 25.7 Å². The Morgan fingerprint density at radius 3 is 2.88 bits per heavy atom. The van der Waals surface area contributed by atoms with Crippen LogP contribution in [0.5, 0.6) is 0 Å². The largest absolute Gasteiger partial charge is 0.372 e. The number of carbonyl (C=O) groups excluding carboxylic acids is 1. The molecule has 1 spiro atoms. The maximum Gasteiger partial charge on any atom is 0.244 e. The lowest BCUT2D eigenvalue weighted by Crippen LogP contribution is -2.66. The zero-order valence-electron chi connectivity index (χ0n) is 14.1. The zero-order valence-corrected chi connectivity index (χ0v) is 15.0. The highest BCUT2D eigenvalue weighted by molar-refractivity contribution is 7.89. The zero-order chi connectivity index (χ0) is 17.5. The quantitative estimate of drug-likeness (QED) is 0.774. The number of likely N-dealkylation sites (tertiary alicyclic amines) is 1. The Morgan fingerprint density at radius 1 is 1.36 bits per heavy atom. The second-order valence-corrected chi connectivity index (χ2v) is 9.07. The van der Waals surface area contributed by atoms with Crippen LogP contribution in [0.15, 0.2) is 29.4 Å². The van der Waals surface area contributed by atoms with Crippen LogP contribution in [0.3, 0.4) is 0 Å². The molecule has 1 atom stereocenters. The third kappa shape index (κ3) is 2.96. The van der Waals surface area contributed by atoms with Crippen LogP contribution in [0.4, 0.5) is 0 Å². The number of aromatic nitrogens is 1. The van der Waals surface area contributed by atoms with Gasteiger partial charge in [0.05, 0.1) is 5.60 Å². The fourth-order valence-corrected chi connectivity index (χ4v) is 5.68. The van der Waals surface area contributed by atoms with Crippen LogP contribution >= 0.6 is 0 Å². The molecule has 136 valence electrons. The normalized spacial score (nSPS) is 26.3. The van der Waals surface area contributed by atoms with Gasteiger partial charge >= 0.3 is 0 Å². The van der Waals surface area contributed by atoms with E-state index in [-0.39, 0.29) is 16.4 Å². The third-order valence-corrected chi connectivity index (χ3v) is 7.45. The molecule has 7 nitrogen and oxygen atoms in total. The highest BCUT2D eigenvalue weighted by atomic mass is 32.2. The summed E-state index contributed by atoms with van der Waals surface area (Å²) in [5, 5.41) is 0. The predicted molar refractivity (Wildman–Crippen MR) is 90.2 cm³/mol. The highest BCUT2D eigenvalue weighted by Crippen LogP contribution is 2.43. The van der Waals surface area contributed by atoms with Crippen LogP contribution in [0, 0.1) is 5.92 Å². The minimum absolute atomic E-state index is 0.224. The van der Waals surface area contributed by atoms with Crippen LogP contribution in [-0.2, 0) is 19.6 Å². The lowest BCUT2D eigenvalue weighted by Gasteiger charge is -2.49. The minimum atomic E-state index is -3.50. The molecule has 0 unspecified atom stereocenters. The Labute approximate surface area is 148 Å². The van der Waals surface area contributed by atoms with Gasteiger partial charge < -0.3 is 9.64 Å². The van der Waals surface area contributed by atoms with Crippen molar-refractivity contribution in [2.24, 2.45) is 5.92 Å². The van der Waals surface area contributed by atoms with E-state index in [2.05, 4.69) is 4.98 Å². The van der Waals surface area contributed by atoms with Crippen molar-refractivity contribution in [3.8, 4) is 0 Å². The second kappa shape index (κ2) is 6.34. The first-order chi connectivity index (χ1) is 12.0. The summed E-state index contributed by atoms with van der Waals surface area (Å²) in [5.41, 5.74) is -0.377. The van der Waals surface area contributed by atoms with E-state index in [0.717, 1.165) is 32.4 Å². The van der Waals surface area contributed by atoms with E-state index in [1.165, 1.54) is 10.5 Å². The number of nitrogens with zero attached hydrogens (tertiary/aromatic N) is 3. The molecule has 1 aromatic rings. The first-order valence-electron chi connectivity index (χ1n) is 8.83. The molecule has 25 heavy (non-hydrogen) atoms. The van der Waals surface area contributed by atoms with Crippen molar-refractivity contribution < 1.29 is 17.9 Å². The average Bonchev–Trinajstić information content (AvgIpc) is 3.18. The Bertz CT molecular complexity index is 746. The van der Waals surface area contributed by atoms with E-state index in [1.807, 2.05) is 4.90 Å². The number of hydrogen-bond donors (Lipinski definition) is 0. The van der Waals surface area contributed by atoms with Gasteiger partial charge in [0, 0.05) is 51.6 Å². The molecule has 3 fully saturated rings. The van der Waals surface area contributed by atoms with Gasteiger partial charge in [0.25, 0.3) is 0 Å². The molecule has 4 rings (SSSR count). The number of pyridine rings is 1. The van der Waals surface area contributed by atoms with E-state index < -0.39 is 10.0 Å². The molecule has 4 heterocycles. The van der Waals surface area contributed by atoms with Crippen LogP contribution in [-0.4, -0.2) is 66.9 Å². The fourth-order valence-electron chi connectivity index (χ4n) is 4.16. The van der Waals surface area contributed by atoms with Gasteiger partial charge in [-0.3, -0.25) is 9.78 Å². The Morgan fingerprint density at radius 2 is 2.20 bits per heavy atom. The summed E-state index contributed by atoms with van der Waals surface area (Å²) >= 11 is 0. The highest BCUT2D eigenvalue weighted by Gasteiger charge is 2.56. The monoisotopic (exact) mass is 365 g/mol. The number of rotatable bonds is 5. The van der Waals surface area contributed by atoms with Crippen molar-refractivity contribution in [2.75, 3.05) is 32.8 Å². The summed E-state index contributed by atoms with van der Waals surface area (Å²) in [6, 6.07) is 3.20. The molecule has 3 aliphatic rings. The predicted octanol–water partition coefficient (Wildman–Crippen LogP) is 0.874. The average molecular weight is 365 g/mol. The molecule has 0 radical (unpaired) electrons. The molecule has 1 aromatic heterocycles. The van der Waals surface area contributed by atoms with Crippen LogP contribution < -0.4 is 0 Å². The molecule has 0 aromatic carbocycles. The van der Waals surface area contributed by atoms with Crippen molar-refractivity contribution >= 4 is 15.9 Å². The standard InChI is InChI=1S/C17H23N3O4S/c21-16-4-2-8-19(16)9-5-14-6-10-24-17(14)12-20(13-17)25(22,23)15-3-1-7-18-11-15/h1,3,7,11,14H,2,4-6,8-10,12-13H2/t14-/m0/s1. The van der Waals surface area contributed by atoms with Gasteiger partial charge in [0.1, 0.15) is 4.90 Å². The minimum Gasteiger partial charge on any atom is -0.372 e. The SMILES string of the molecule is O=C1CCCN1CC[C@H]1CCOC12CN(S(=O)(=O)c1cccnc1)C2. The van der Waals surface area contributed by atoms with Gasteiger partial charge in [-0.2, -0.15) is 4.31 Å². The van der Waals surface area contributed by atoms with Crippen molar-refractivity contribution in [2.45, 2.75) is 36.2 Å². The summed E-state index contributed by atoms with van der Waals surface area (Å²) in [6.07, 6.45) is 6.36. The van der Waals surface area contributed by atoms with Gasteiger partial charge in [-0.05, 0) is 37.3 Å². The molecule has 0 saturated carbocycles. The molecule has 3 saturated heterocycles.